The Morgan fingerprint density at radius 3 is 2.80 bits per heavy atom. The summed E-state index contributed by atoms with van der Waals surface area (Å²) in [5.74, 6) is -0.0115. The number of methoxy groups -OCH3 is 1. The summed E-state index contributed by atoms with van der Waals surface area (Å²) in [4.78, 5) is 29.6. The first-order valence-corrected chi connectivity index (χ1v) is 9.89. The van der Waals surface area contributed by atoms with Gasteiger partial charge < -0.3 is 19.9 Å². The molecule has 158 valence electrons. The van der Waals surface area contributed by atoms with Crippen LogP contribution >= 0.6 is 0 Å². The first-order chi connectivity index (χ1) is 14.5. The number of hydrogen-bond donors (Lipinski definition) is 2. The highest BCUT2D eigenvalue weighted by molar-refractivity contribution is 5.92. The SMILES string of the molecule is COc1ccc(-c2cn3cc(C(=O)NCC4CCNCC4)nc3c(=O)n2C)c(F)c1. The van der Waals surface area contributed by atoms with Crippen molar-refractivity contribution in [2.45, 2.75) is 12.8 Å². The van der Waals surface area contributed by atoms with Crippen LogP contribution in [0.2, 0.25) is 0 Å². The maximum atomic E-state index is 14.6. The molecule has 0 bridgehead atoms. The zero-order valence-corrected chi connectivity index (χ0v) is 16.9. The number of nitrogens with zero attached hydrogens (tertiary/aromatic N) is 3. The van der Waals surface area contributed by atoms with Crippen molar-refractivity contribution in [2.24, 2.45) is 13.0 Å². The van der Waals surface area contributed by atoms with Gasteiger partial charge >= 0.3 is 0 Å². The molecule has 8 nitrogen and oxygen atoms in total. The summed E-state index contributed by atoms with van der Waals surface area (Å²) in [6, 6.07) is 4.44. The van der Waals surface area contributed by atoms with Crippen molar-refractivity contribution in [3.63, 3.8) is 0 Å². The molecule has 2 N–H and O–H groups in total. The van der Waals surface area contributed by atoms with Crippen LogP contribution in [0.4, 0.5) is 4.39 Å². The summed E-state index contributed by atoms with van der Waals surface area (Å²) in [6.07, 6.45) is 5.13. The average molecular weight is 413 g/mol. The summed E-state index contributed by atoms with van der Waals surface area (Å²) in [6.45, 7) is 2.49. The average Bonchev–Trinajstić information content (AvgIpc) is 3.20. The molecule has 0 radical (unpaired) electrons. The van der Waals surface area contributed by atoms with Gasteiger partial charge in [-0.3, -0.25) is 14.0 Å². The number of amides is 1. The monoisotopic (exact) mass is 413 g/mol. The van der Waals surface area contributed by atoms with Crippen LogP contribution in [0.3, 0.4) is 0 Å². The number of ether oxygens (including phenoxy) is 1. The zero-order valence-electron chi connectivity index (χ0n) is 16.9. The fourth-order valence-electron chi connectivity index (χ4n) is 3.73. The standard InChI is InChI=1S/C21H24FN5O3/c1-26-18(15-4-3-14(30-2)9-16(15)22)12-27-11-17(25-19(27)21(26)29)20(28)24-10-13-5-7-23-8-6-13/h3-4,9,11-13,23H,5-8,10H2,1-2H3,(H,24,28). The minimum absolute atomic E-state index is 0.113. The van der Waals surface area contributed by atoms with Gasteiger partial charge in [-0.05, 0) is 44.0 Å². The molecule has 9 heteroatoms. The van der Waals surface area contributed by atoms with E-state index in [9.17, 15) is 14.0 Å². The Hall–Kier alpha value is -3.20. The zero-order chi connectivity index (χ0) is 21.3. The number of carbonyl (C=O) groups is 1. The molecule has 30 heavy (non-hydrogen) atoms. The molecule has 3 heterocycles. The number of hydrogen-bond acceptors (Lipinski definition) is 5. The van der Waals surface area contributed by atoms with Gasteiger partial charge in [0.25, 0.3) is 11.5 Å². The third-order valence-electron chi connectivity index (χ3n) is 5.55. The van der Waals surface area contributed by atoms with Crippen molar-refractivity contribution < 1.29 is 13.9 Å². The number of rotatable bonds is 5. The number of halogens is 1. The van der Waals surface area contributed by atoms with Crippen molar-refractivity contribution in [1.29, 1.82) is 0 Å². The smallest absolute Gasteiger partial charge is 0.294 e. The van der Waals surface area contributed by atoms with E-state index in [2.05, 4.69) is 15.6 Å². The summed E-state index contributed by atoms with van der Waals surface area (Å²) >= 11 is 0. The number of nitrogens with one attached hydrogen (secondary N) is 2. The second kappa shape index (κ2) is 8.27. The Morgan fingerprint density at radius 2 is 2.10 bits per heavy atom. The Morgan fingerprint density at radius 1 is 1.33 bits per heavy atom. The lowest BCUT2D eigenvalue weighted by Gasteiger charge is -2.22. The molecule has 1 saturated heterocycles. The van der Waals surface area contributed by atoms with Crippen molar-refractivity contribution in [2.75, 3.05) is 26.7 Å². The highest BCUT2D eigenvalue weighted by Crippen LogP contribution is 2.25. The van der Waals surface area contributed by atoms with Crippen molar-refractivity contribution in [1.82, 2.24) is 24.6 Å². The van der Waals surface area contributed by atoms with E-state index < -0.39 is 11.4 Å². The third kappa shape index (κ3) is 3.80. The van der Waals surface area contributed by atoms with Crippen molar-refractivity contribution in [3.05, 3.63) is 52.5 Å². The maximum absolute atomic E-state index is 14.6. The minimum atomic E-state index is -0.510. The van der Waals surface area contributed by atoms with Crippen LogP contribution in [0.5, 0.6) is 5.75 Å². The molecular weight excluding hydrogens is 389 g/mol. The highest BCUT2D eigenvalue weighted by atomic mass is 19.1. The van der Waals surface area contributed by atoms with E-state index in [1.54, 1.807) is 25.4 Å². The maximum Gasteiger partial charge on any atom is 0.294 e. The molecule has 0 unspecified atom stereocenters. The van der Waals surface area contributed by atoms with Gasteiger partial charge in [0.15, 0.2) is 0 Å². The highest BCUT2D eigenvalue weighted by Gasteiger charge is 2.19. The number of fused-ring (bicyclic) bond motifs is 1. The Labute approximate surface area is 172 Å². The van der Waals surface area contributed by atoms with E-state index in [-0.39, 0.29) is 22.8 Å². The lowest BCUT2D eigenvalue weighted by molar-refractivity contribution is 0.0940. The second-order valence-electron chi connectivity index (χ2n) is 7.48. The summed E-state index contributed by atoms with van der Waals surface area (Å²) < 4.78 is 22.4. The molecule has 3 aromatic rings. The van der Waals surface area contributed by atoms with E-state index in [0.29, 0.717) is 23.9 Å². The molecule has 0 saturated carbocycles. The second-order valence-corrected chi connectivity index (χ2v) is 7.48. The van der Waals surface area contributed by atoms with Gasteiger partial charge in [-0.2, -0.15) is 0 Å². The van der Waals surface area contributed by atoms with Gasteiger partial charge in [-0.25, -0.2) is 9.37 Å². The Balaban J connectivity index is 1.64. The van der Waals surface area contributed by atoms with E-state index in [1.165, 1.54) is 28.3 Å². The number of benzene rings is 1. The largest absolute Gasteiger partial charge is 0.497 e. The molecule has 1 amide bonds. The minimum Gasteiger partial charge on any atom is -0.497 e. The molecule has 1 aromatic carbocycles. The van der Waals surface area contributed by atoms with Crippen LogP contribution in [0.15, 0.2) is 35.4 Å². The van der Waals surface area contributed by atoms with Gasteiger partial charge in [0, 0.05) is 37.6 Å². The molecular formula is C21H24FN5O3. The van der Waals surface area contributed by atoms with Crippen molar-refractivity contribution >= 4 is 11.6 Å². The van der Waals surface area contributed by atoms with Crippen LogP contribution in [-0.4, -0.2) is 46.6 Å². The normalized spacial score (nSPS) is 14.8. The fraction of sp³-hybridized carbons (Fsp3) is 0.381. The molecule has 4 rings (SSSR count). The first kappa shape index (κ1) is 20.1. The molecule has 1 aliphatic rings. The lowest BCUT2D eigenvalue weighted by Crippen LogP contribution is -2.36. The van der Waals surface area contributed by atoms with Crippen LogP contribution in [-0.2, 0) is 7.05 Å². The summed E-state index contributed by atoms with van der Waals surface area (Å²) in [5.41, 5.74) is 0.477. The van der Waals surface area contributed by atoms with Crippen LogP contribution in [0.25, 0.3) is 16.9 Å². The summed E-state index contributed by atoms with van der Waals surface area (Å²) in [5, 5.41) is 6.20. The van der Waals surface area contributed by atoms with Crippen LogP contribution in [0.1, 0.15) is 23.3 Å². The van der Waals surface area contributed by atoms with Crippen LogP contribution in [0, 0.1) is 11.7 Å². The number of imidazole rings is 1. The Bertz CT molecular complexity index is 1150. The quantitative estimate of drug-likeness (QED) is 0.663. The van der Waals surface area contributed by atoms with Gasteiger partial charge in [-0.1, -0.05) is 0 Å². The van der Waals surface area contributed by atoms with Gasteiger partial charge in [0.05, 0.1) is 12.8 Å². The topological polar surface area (TPSA) is 89.7 Å². The van der Waals surface area contributed by atoms with Gasteiger partial charge in [0.1, 0.15) is 17.3 Å². The lowest BCUT2D eigenvalue weighted by atomic mass is 9.98. The van der Waals surface area contributed by atoms with Gasteiger partial charge in [-0.15, -0.1) is 0 Å². The molecule has 1 fully saturated rings. The van der Waals surface area contributed by atoms with Crippen molar-refractivity contribution in [3.8, 4) is 17.0 Å². The number of aromatic nitrogens is 3. The molecule has 2 aromatic heterocycles. The van der Waals surface area contributed by atoms with E-state index in [0.717, 1.165) is 25.9 Å². The molecule has 1 aliphatic heterocycles. The summed E-state index contributed by atoms with van der Waals surface area (Å²) in [7, 11) is 3.01. The third-order valence-corrected chi connectivity index (χ3v) is 5.55. The fourth-order valence-corrected chi connectivity index (χ4v) is 3.73. The van der Waals surface area contributed by atoms with E-state index in [4.69, 9.17) is 4.74 Å². The predicted molar refractivity (Wildman–Crippen MR) is 110 cm³/mol. The van der Waals surface area contributed by atoms with E-state index >= 15 is 0 Å². The molecule has 0 atom stereocenters. The van der Waals surface area contributed by atoms with E-state index in [1.807, 2.05) is 0 Å². The predicted octanol–water partition coefficient (Wildman–Crippen LogP) is 1.58. The molecule has 0 spiro atoms. The number of carbonyl (C=O) groups excluding carboxylic acids is 1. The molecule has 0 aliphatic carbocycles. The van der Waals surface area contributed by atoms with Gasteiger partial charge in [0.2, 0.25) is 5.65 Å². The number of piperidine rings is 1. The van der Waals surface area contributed by atoms with Crippen LogP contribution < -0.4 is 20.9 Å². The Kier molecular flexibility index (Phi) is 5.54. The first-order valence-electron chi connectivity index (χ1n) is 9.89.